The third-order valence-corrected chi connectivity index (χ3v) is 3.18. The molecule has 3 rings (SSSR count). The van der Waals surface area contributed by atoms with Crippen molar-refractivity contribution in [2.24, 2.45) is 0 Å². The fourth-order valence-corrected chi connectivity index (χ4v) is 2.08. The Morgan fingerprint density at radius 3 is 2.71 bits per heavy atom. The molecule has 0 aliphatic rings. The topological polar surface area (TPSA) is 66.9 Å². The number of aromatic nitrogens is 2. The summed E-state index contributed by atoms with van der Waals surface area (Å²) >= 11 is 0. The summed E-state index contributed by atoms with van der Waals surface area (Å²) in [4.78, 5) is 20.7. The first-order valence-corrected chi connectivity index (χ1v) is 6.57. The molecule has 0 fully saturated rings. The van der Waals surface area contributed by atoms with Gasteiger partial charge in [0.05, 0.1) is 16.8 Å². The molecule has 0 saturated heterocycles. The molecule has 0 unspecified atom stereocenters. The van der Waals surface area contributed by atoms with E-state index in [9.17, 15) is 4.79 Å². The zero-order valence-corrected chi connectivity index (χ0v) is 11.5. The number of amides is 1. The highest BCUT2D eigenvalue weighted by Crippen LogP contribution is 2.21. The second-order valence-corrected chi connectivity index (χ2v) is 4.51. The molecule has 0 bridgehead atoms. The number of nitrogens with one attached hydrogen (secondary N) is 2. The van der Waals surface area contributed by atoms with Crippen LogP contribution in [0.15, 0.2) is 54.9 Å². The summed E-state index contributed by atoms with van der Waals surface area (Å²) in [6, 6.07) is 12.9. The lowest BCUT2D eigenvalue weighted by Crippen LogP contribution is -2.12. The van der Waals surface area contributed by atoms with Gasteiger partial charge in [0.1, 0.15) is 5.82 Å². The van der Waals surface area contributed by atoms with Crippen molar-refractivity contribution in [2.75, 3.05) is 17.7 Å². The number of hydrogen-bond donors (Lipinski definition) is 2. The van der Waals surface area contributed by atoms with Gasteiger partial charge >= 0.3 is 0 Å². The van der Waals surface area contributed by atoms with Gasteiger partial charge in [-0.05, 0) is 36.4 Å². The molecule has 0 radical (unpaired) electrons. The molecular formula is C16H14N4O. The predicted octanol–water partition coefficient (Wildman–Crippen LogP) is 2.92. The fourth-order valence-electron chi connectivity index (χ4n) is 2.08. The van der Waals surface area contributed by atoms with Crippen molar-refractivity contribution >= 4 is 28.3 Å². The Morgan fingerprint density at radius 2 is 1.95 bits per heavy atom. The standard InChI is InChI=1S/C16H14N4O/c1-17-15-8-7-11(10-19-15)16(21)20-14-6-2-5-13-12(14)4-3-9-18-13/h2-10H,1H3,(H,17,19)(H,20,21). The van der Waals surface area contributed by atoms with E-state index in [1.807, 2.05) is 30.3 Å². The van der Waals surface area contributed by atoms with Crippen LogP contribution in [0.3, 0.4) is 0 Å². The van der Waals surface area contributed by atoms with E-state index in [0.29, 0.717) is 5.56 Å². The average molecular weight is 278 g/mol. The Bertz CT molecular complexity index is 778. The molecule has 0 saturated carbocycles. The van der Waals surface area contributed by atoms with E-state index in [-0.39, 0.29) is 5.91 Å². The highest BCUT2D eigenvalue weighted by atomic mass is 16.1. The summed E-state index contributed by atoms with van der Waals surface area (Å²) in [5.41, 5.74) is 2.09. The van der Waals surface area contributed by atoms with Crippen LogP contribution in [-0.4, -0.2) is 22.9 Å². The Kier molecular flexibility index (Phi) is 3.47. The van der Waals surface area contributed by atoms with Crippen molar-refractivity contribution in [3.8, 4) is 0 Å². The lowest BCUT2D eigenvalue weighted by molar-refractivity contribution is 0.102. The van der Waals surface area contributed by atoms with Gasteiger partial charge in [-0.1, -0.05) is 6.07 Å². The number of carbonyl (C=O) groups excluding carboxylic acids is 1. The number of hydrogen-bond acceptors (Lipinski definition) is 4. The molecule has 1 aromatic carbocycles. The van der Waals surface area contributed by atoms with Gasteiger partial charge in [-0.2, -0.15) is 0 Å². The number of carbonyl (C=O) groups is 1. The maximum Gasteiger partial charge on any atom is 0.257 e. The van der Waals surface area contributed by atoms with E-state index in [2.05, 4.69) is 20.6 Å². The number of fused-ring (bicyclic) bond motifs is 1. The van der Waals surface area contributed by atoms with Crippen LogP contribution in [0.25, 0.3) is 10.9 Å². The van der Waals surface area contributed by atoms with Crippen molar-refractivity contribution in [3.05, 3.63) is 60.4 Å². The molecule has 2 aromatic heterocycles. The average Bonchev–Trinajstić information content (AvgIpc) is 2.55. The zero-order valence-electron chi connectivity index (χ0n) is 11.5. The number of anilines is 2. The van der Waals surface area contributed by atoms with E-state index >= 15 is 0 Å². The van der Waals surface area contributed by atoms with Crippen LogP contribution in [0, 0.1) is 0 Å². The summed E-state index contributed by atoms with van der Waals surface area (Å²) in [6.07, 6.45) is 3.28. The minimum Gasteiger partial charge on any atom is -0.373 e. The van der Waals surface area contributed by atoms with Crippen LogP contribution in [-0.2, 0) is 0 Å². The number of rotatable bonds is 3. The van der Waals surface area contributed by atoms with Crippen molar-refractivity contribution in [3.63, 3.8) is 0 Å². The lowest BCUT2D eigenvalue weighted by atomic mass is 10.1. The van der Waals surface area contributed by atoms with E-state index in [1.54, 1.807) is 31.6 Å². The van der Waals surface area contributed by atoms with Crippen molar-refractivity contribution in [1.29, 1.82) is 0 Å². The molecule has 0 spiro atoms. The normalized spacial score (nSPS) is 10.3. The molecule has 21 heavy (non-hydrogen) atoms. The van der Waals surface area contributed by atoms with E-state index < -0.39 is 0 Å². The fraction of sp³-hybridized carbons (Fsp3) is 0.0625. The SMILES string of the molecule is CNc1ccc(C(=O)Nc2cccc3ncccc23)cn1. The summed E-state index contributed by atoms with van der Waals surface area (Å²) in [7, 11) is 1.78. The minimum absolute atomic E-state index is 0.193. The Labute approximate surface area is 122 Å². The third kappa shape index (κ3) is 2.67. The maximum absolute atomic E-state index is 12.3. The van der Waals surface area contributed by atoms with Crippen molar-refractivity contribution in [1.82, 2.24) is 9.97 Å². The molecule has 0 atom stereocenters. The van der Waals surface area contributed by atoms with Gasteiger partial charge in [0.15, 0.2) is 0 Å². The third-order valence-electron chi connectivity index (χ3n) is 3.18. The van der Waals surface area contributed by atoms with Gasteiger partial charge in [0, 0.05) is 24.8 Å². The highest BCUT2D eigenvalue weighted by Gasteiger charge is 2.09. The first-order chi connectivity index (χ1) is 10.3. The van der Waals surface area contributed by atoms with Crippen molar-refractivity contribution in [2.45, 2.75) is 0 Å². The number of pyridine rings is 2. The monoisotopic (exact) mass is 278 g/mol. The zero-order chi connectivity index (χ0) is 14.7. The van der Waals surface area contributed by atoms with Gasteiger partial charge in [0.2, 0.25) is 0 Å². The summed E-state index contributed by atoms with van der Waals surface area (Å²) in [5, 5.41) is 6.73. The van der Waals surface area contributed by atoms with Gasteiger partial charge in [-0.25, -0.2) is 4.98 Å². The van der Waals surface area contributed by atoms with Crippen LogP contribution >= 0.6 is 0 Å². The molecule has 0 aliphatic heterocycles. The molecule has 0 aliphatic carbocycles. The molecule has 1 amide bonds. The van der Waals surface area contributed by atoms with Crippen LogP contribution in [0.2, 0.25) is 0 Å². The first-order valence-electron chi connectivity index (χ1n) is 6.57. The molecule has 2 N–H and O–H groups in total. The molecule has 104 valence electrons. The summed E-state index contributed by atoms with van der Waals surface area (Å²) in [5.74, 6) is 0.530. The lowest BCUT2D eigenvalue weighted by Gasteiger charge is -2.08. The second kappa shape index (κ2) is 5.58. The second-order valence-electron chi connectivity index (χ2n) is 4.51. The molecule has 2 heterocycles. The Balaban J connectivity index is 1.89. The van der Waals surface area contributed by atoms with E-state index in [4.69, 9.17) is 0 Å². The van der Waals surface area contributed by atoms with E-state index in [1.165, 1.54) is 0 Å². The van der Waals surface area contributed by atoms with Gasteiger partial charge < -0.3 is 10.6 Å². The summed E-state index contributed by atoms with van der Waals surface area (Å²) in [6.45, 7) is 0. The Hall–Kier alpha value is -2.95. The number of nitrogens with zero attached hydrogens (tertiary/aromatic N) is 2. The van der Waals surface area contributed by atoms with Gasteiger partial charge in [0.25, 0.3) is 5.91 Å². The van der Waals surface area contributed by atoms with E-state index in [0.717, 1.165) is 22.4 Å². The van der Waals surface area contributed by atoms with Crippen molar-refractivity contribution < 1.29 is 4.79 Å². The molecule has 3 aromatic rings. The Morgan fingerprint density at radius 1 is 1.05 bits per heavy atom. The molecule has 5 heteroatoms. The maximum atomic E-state index is 12.3. The summed E-state index contributed by atoms with van der Waals surface area (Å²) < 4.78 is 0. The highest BCUT2D eigenvalue weighted by molar-refractivity contribution is 6.08. The number of benzene rings is 1. The predicted molar refractivity (Wildman–Crippen MR) is 83.5 cm³/mol. The largest absolute Gasteiger partial charge is 0.373 e. The van der Waals surface area contributed by atoms with Crippen LogP contribution in [0.4, 0.5) is 11.5 Å². The molecular weight excluding hydrogens is 264 g/mol. The quantitative estimate of drug-likeness (QED) is 0.773. The smallest absolute Gasteiger partial charge is 0.257 e. The first kappa shape index (κ1) is 13.1. The van der Waals surface area contributed by atoms with Gasteiger partial charge in [-0.3, -0.25) is 9.78 Å². The van der Waals surface area contributed by atoms with Crippen LogP contribution in [0.1, 0.15) is 10.4 Å². The molecule has 5 nitrogen and oxygen atoms in total. The minimum atomic E-state index is -0.193. The van der Waals surface area contributed by atoms with Gasteiger partial charge in [-0.15, -0.1) is 0 Å². The van der Waals surface area contributed by atoms with Crippen LogP contribution < -0.4 is 10.6 Å². The van der Waals surface area contributed by atoms with Crippen LogP contribution in [0.5, 0.6) is 0 Å².